The Hall–Kier alpha value is -2.63. The highest BCUT2D eigenvalue weighted by molar-refractivity contribution is 5.71. The fraction of sp³-hybridized carbons (Fsp3) is 0.847. The Kier molecular flexibility index (Phi) is 64.6. The van der Waals surface area contributed by atoms with E-state index in [1.807, 2.05) is 0 Å². The molecule has 0 amide bonds. The lowest BCUT2D eigenvalue weighted by Crippen LogP contribution is -2.30. The number of unbranched alkanes of at least 4 members (excludes halogenated alkanes) is 45. The summed E-state index contributed by atoms with van der Waals surface area (Å²) in [6.07, 6.45) is 84.5. The van der Waals surface area contributed by atoms with Gasteiger partial charge in [0.1, 0.15) is 13.2 Å². The zero-order valence-corrected chi connectivity index (χ0v) is 52.5. The molecule has 0 aromatic heterocycles. The normalized spacial score (nSPS) is 12.3. The lowest BCUT2D eigenvalue weighted by Gasteiger charge is -2.18. The Morgan fingerprint density at radius 2 is 0.500 bits per heavy atom. The second-order valence-corrected chi connectivity index (χ2v) is 23.4. The number of allylic oxidation sites excluding steroid dienone is 8. The monoisotopic (exact) mass is 1090 g/mol. The van der Waals surface area contributed by atoms with Crippen molar-refractivity contribution in [2.24, 2.45) is 0 Å². The van der Waals surface area contributed by atoms with Crippen molar-refractivity contribution in [2.75, 3.05) is 13.2 Å². The van der Waals surface area contributed by atoms with Crippen molar-refractivity contribution < 1.29 is 28.6 Å². The smallest absolute Gasteiger partial charge is 0.306 e. The van der Waals surface area contributed by atoms with Crippen LogP contribution in [0.25, 0.3) is 0 Å². The first-order valence-electron chi connectivity index (χ1n) is 34.6. The molecule has 0 aliphatic heterocycles. The number of hydrogen-bond donors (Lipinski definition) is 0. The molecule has 0 aromatic carbocycles. The number of rotatable bonds is 64. The highest BCUT2D eigenvalue weighted by atomic mass is 16.6. The Morgan fingerprint density at radius 1 is 0.269 bits per heavy atom. The van der Waals surface area contributed by atoms with Crippen LogP contribution in [0.1, 0.15) is 374 Å². The largest absolute Gasteiger partial charge is 0.462 e. The number of ether oxygens (including phenoxy) is 3. The van der Waals surface area contributed by atoms with Gasteiger partial charge in [-0.1, -0.05) is 345 Å². The van der Waals surface area contributed by atoms with Crippen molar-refractivity contribution in [3.8, 4) is 0 Å². The Balaban J connectivity index is 4.08. The minimum atomic E-state index is -0.770. The first-order valence-corrected chi connectivity index (χ1v) is 34.6. The molecule has 0 radical (unpaired) electrons. The van der Waals surface area contributed by atoms with E-state index in [1.54, 1.807) is 0 Å². The van der Waals surface area contributed by atoms with Crippen molar-refractivity contribution in [1.82, 2.24) is 0 Å². The van der Waals surface area contributed by atoms with Crippen LogP contribution in [0.5, 0.6) is 0 Å². The molecule has 0 aromatic rings. The van der Waals surface area contributed by atoms with Crippen molar-refractivity contribution in [1.29, 1.82) is 0 Å². The lowest BCUT2D eigenvalue weighted by molar-refractivity contribution is -0.167. The number of carbonyl (C=O) groups is 3. The lowest BCUT2D eigenvalue weighted by atomic mass is 10.0. The zero-order valence-electron chi connectivity index (χ0n) is 52.5. The maximum atomic E-state index is 12.9. The average molecular weight is 1090 g/mol. The van der Waals surface area contributed by atoms with Gasteiger partial charge in [0.05, 0.1) is 0 Å². The number of carbonyl (C=O) groups excluding carboxylic acids is 3. The van der Waals surface area contributed by atoms with Crippen LogP contribution in [-0.4, -0.2) is 37.2 Å². The summed E-state index contributed by atoms with van der Waals surface area (Å²) in [7, 11) is 0. The van der Waals surface area contributed by atoms with Crippen LogP contribution in [0.15, 0.2) is 48.6 Å². The quantitative estimate of drug-likeness (QED) is 0.0261. The summed E-state index contributed by atoms with van der Waals surface area (Å²) < 4.78 is 16.9. The minimum Gasteiger partial charge on any atom is -0.462 e. The van der Waals surface area contributed by atoms with Gasteiger partial charge < -0.3 is 14.2 Å². The first kappa shape index (κ1) is 75.4. The summed E-state index contributed by atoms with van der Waals surface area (Å²) in [5.41, 5.74) is 0. The van der Waals surface area contributed by atoms with Crippen molar-refractivity contribution >= 4 is 17.9 Å². The highest BCUT2D eigenvalue weighted by Crippen LogP contribution is 2.19. The van der Waals surface area contributed by atoms with E-state index >= 15 is 0 Å². The van der Waals surface area contributed by atoms with E-state index in [2.05, 4.69) is 69.4 Å². The van der Waals surface area contributed by atoms with Gasteiger partial charge >= 0.3 is 17.9 Å². The number of hydrogen-bond acceptors (Lipinski definition) is 6. The molecule has 6 heteroatoms. The van der Waals surface area contributed by atoms with E-state index in [4.69, 9.17) is 14.2 Å². The standard InChI is InChI=1S/C72H132O6/c1-4-7-10-13-16-19-21-23-25-27-29-31-33-35-36-38-39-41-43-45-47-49-51-53-56-59-62-65-71(74)77-68-69(67-76-70(73)64-61-58-55-18-15-12-9-6-3)78-72(75)66-63-60-57-54-52-50-48-46-44-42-40-37-34-32-30-28-26-24-22-20-17-14-11-8-5-2/h8,11,17,20,24,26,30,32,69H,4-7,9-10,12-16,18-19,21-23,25,27-29,31,33-68H2,1-3H3/b11-8-,20-17-,26-24-,32-30-. The van der Waals surface area contributed by atoms with Gasteiger partial charge in [0.15, 0.2) is 6.10 Å². The fourth-order valence-corrected chi connectivity index (χ4v) is 10.4. The molecular weight excluding hydrogens is 961 g/mol. The second kappa shape index (κ2) is 66.9. The Morgan fingerprint density at radius 3 is 0.782 bits per heavy atom. The van der Waals surface area contributed by atoms with Crippen LogP contribution < -0.4 is 0 Å². The van der Waals surface area contributed by atoms with Crippen LogP contribution in [0.2, 0.25) is 0 Å². The maximum absolute atomic E-state index is 12.9. The molecule has 0 aliphatic carbocycles. The van der Waals surface area contributed by atoms with Crippen LogP contribution in [-0.2, 0) is 28.6 Å². The third-order valence-corrected chi connectivity index (χ3v) is 15.6. The first-order chi connectivity index (χ1) is 38.5. The average Bonchev–Trinajstić information content (AvgIpc) is 3.44. The zero-order chi connectivity index (χ0) is 56.4. The molecular formula is C72H132O6. The molecule has 0 bridgehead atoms. The van der Waals surface area contributed by atoms with Gasteiger partial charge in [0, 0.05) is 19.3 Å². The topological polar surface area (TPSA) is 78.9 Å². The van der Waals surface area contributed by atoms with Crippen LogP contribution in [0.4, 0.5) is 0 Å². The molecule has 0 saturated carbocycles. The van der Waals surface area contributed by atoms with E-state index < -0.39 is 6.10 Å². The highest BCUT2D eigenvalue weighted by Gasteiger charge is 2.19. The molecule has 0 saturated heterocycles. The fourth-order valence-electron chi connectivity index (χ4n) is 10.4. The summed E-state index contributed by atoms with van der Waals surface area (Å²) in [4.78, 5) is 38.2. The molecule has 78 heavy (non-hydrogen) atoms. The minimum absolute atomic E-state index is 0.0683. The van der Waals surface area contributed by atoms with E-state index in [0.717, 1.165) is 83.5 Å². The third kappa shape index (κ3) is 64.2. The van der Waals surface area contributed by atoms with Crippen molar-refractivity contribution in [3.05, 3.63) is 48.6 Å². The summed E-state index contributed by atoms with van der Waals surface area (Å²) in [6.45, 7) is 6.56. The van der Waals surface area contributed by atoms with Gasteiger partial charge in [-0.15, -0.1) is 0 Å². The summed E-state index contributed by atoms with van der Waals surface area (Å²) in [5.74, 6) is -0.851. The van der Waals surface area contributed by atoms with E-state index in [-0.39, 0.29) is 31.1 Å². The summed E-state index contributed by atoms with van der Waals surface area (Å²) in [5, 5.41) is 0. The van der Waals surface area contributed by atoms with Gasteiger partial charge in [-0.05, 0) is 57.8 Å². The number of esters is 3. The van der Waals surface area contributed by atoms with E-state index in [1.165, 1.54) is 250 Å². The van der Waals surface area contributed by atoms with E-state index in [9.17, 15) is 14.4 Å². The predicted molar refractivity (Wildman–Crippen MR) is 339 cm³/mol. The molecule has 456 valence electrons. The van der Waals surface area contributed by atoms with Crippen LogP contribution in [0, 0.1) is 0 Å². The molecule has 0 heterocycles. The van der Waals surface area contributed by atoms with Crippen molar-refractivity contribution in [3.63, 3.8) is 0 Å². The maximum Gasteiger partial charge on any atom is 0.306 e. The molecule has 0 N–H and O–H groups in total. The van der Waals surface area contributed by atoms with Crippen LogP contribution in [0.3, 0.4) is 0 Å². The van der Waals surface area contributed by atoms with Gasteiger partial charge in [-0.25, -0.2) is 0 Å². The van der Waals surface area contributed by atoms with Gasteiger partial charge in [-0.2, -0.15) is 0 Å². The molecule has 0 fully saturated rings. The van der Waals surface area contributed by atoms with Gasteiger partial charge in [-0.3, -0.25) is 14.4 Å². The molecule has 0 rings (SSSR count). The molecule has 1 unspecified atom stereocenters. The summed E-state index contributed by atoms with van der Waals surface area (Å²) >= 11 is 0. The SMILES string of the molecule is CC/C=C\C/C=C\C/C=C\C/C=C\CCCCCCCCCCCCCCC(=O)OC(COC(=O)CCCCCCCCCC)COC(=O)CCCCCCCCCCCCCCCCCCCCCCCCCCCCC. The van der Waals surface area contributed by atoms with Gasteiger partial charge in [0.2, 0.25) is 0 Å². The molecule has 1 atom stereocenters. The van der Waals surface area contributed by atoms with Crippen molar-refractivity contribution in [2.45, 2.75) is 380 Å². The van der Waals surface area contributed by atoms with E-state index in [0.29, 0.717) is 19.3 Å². The van der Waals surface area contributed by atoms with Gasteiger partial charge in [0.25, 0.3) is 0 Å². The Bertz CT molecular complexity index is 1350. The second-order valence-electron chi connectivity index (χ2n) is 23.4. The summed E-state index contributed by atoms with van der Waals surface area (Å²) in [6, 6.07) is 0. The van der Waals surface area contributed by atoms with Crippen LogP contribution >= 0.6 is 0 Å². The predicted octanol–water partition coefficient (Wildman–Crippen LogP) is 23.7. The molecule has 0 aliphatic rings. The molecule has 0 spiro atoms. The molecule has 6 nitrogen and oxygen atoms in total. The Labute approximate surface area is 486 Å². The third-order valence-electron chi connectivity index (χ3n) is 15.6.